The van der Waals surface area contributed by atoms with Crippen molar-refractivity contribution in [3.8, 4) is 11.5 Å². The van der Waals surface area contributed by atoms with E-state index in [4.69, 9.17) is 16.3 Å². The van der Waals surface area contributed by atoms with E-state index in [0.29, 0.717) is 18.8 Å². The van der Waals surface area contributed by atoms with Crippen LogP contribution in [-0.4, -0.2) is 47.7 Å². The molecule has 0 bridgehead atoms. The Labute approximate surface area is 204 Å². The number of halogens is 1. The van der Waals surface area contributed by atoms with E-state index in [-0.39, 0.29) is 28.8 Å². The standard InChI is InChI=1S/C26H28ClN3O4/c1-3-13-30(14-4-2)25(32)17-34-24-12-10-19(20-7-5-6-8-21(20)24)16-28-29-26(33)18-9-11-23(31)22(27)15-18/h5-12,15-16,31H,3-4,13-14,17H2,1-2H3,(H,29,33). The van der Waals surface area contributed by atoms with Crippen LogP contribution in [0.25, 0.3) is 10.8 Å². The molecule has 2 N–H and O–H groups in total. The highest BCUT2D eigenvalue weighted by atomic mass is 35.5. The number of amides is 2. The molecule has 0 spiro atoms. The van der Waals surface area contributed by atoms with Crippen molar-refractivity contribution in [2.45, 2.75) is 26.7 Å². The molecular formula is C26H28ClN3O4. The Morgan fingerprint density at radius 3 is 2.44 bits per heavy atom. The van der Waals surface area contributed by atoms with E-state index in [2.05, 4.69) is 10.5 Å². The van der Waals surface area contributed by atoms with Crippen molar-refractivity contribution >= 4 is 40.4 Å². The average Bonchev–Trinajstić information content (AvgIpc) is 2.84. The summed E-state index contributed by atoms with van der Waals surface area (Å²) in [5.74, 6) is 0.0255. The maximum Gasteiger partial charge on any atom is 0.271 e. The molecule has 0 fully saturated rings. The lowest BCUT2D eigenvalue weighted by molar-refractivity contribution is -0.133. The van der Waals surface area contributed by atoms with Gasteiger partial charge >= 0.3 is 0 Å². The van der Waals surface area contributed by atoms with E-state index in [1.807, 2.05) is 49.1 Å². The highest BCUT2D eigenvalue weighted by molar-refractivity contribution is 6.32. The first kappa shape index (κ1) is 25.1. The molecule has 0 aromatic heterocycles. The molecule has 0 saturated carbocycles. The van der Waals surface area contributed by atoms with Crippen LogP contribution in [0.1, 0.15) is 42.6 Å². The van der Waals surface area contributed by atoms with Crippen LogP contribution in [0.2, 0.25) is 5.02 Å². The zero-order chi connectivity index (χ0) is 24.5. The fourth-order valence-corrected chi connectivity index (χ4v) is 3.72. The number of fused-ring (bicyclic) bond motifs is 1. The number of nitrogens with one attached hydrogen (secondary N) is 1. The Kier molecular flexibility index (Phi) is 8.87. The summed E-state index contributed by atoms with van der Waals surface area (Å²) in [6.07, 6.45) is 3.35. The van der Waals surface area contributed by atoms with Crippen molar-refractivity contribution in [2.24, 2.45) is 5.10 Å². The van der Waals surface area contributed by atoms with Crippen LogP contribution in [0.15, 0.2) is 59.7 Å². The van der Waals surface area contributed by atoms with Crippen molar-refractivity contribution in [3.05, 3.63) is 70.7 Å². The van der Waals surface area contributed by atoms with Crippen molar-refractivity contribution in [2.75, 3.05) is 19.7 Å². The third kappa shape index (κ3) is 6.26. The minimum atomic E-state index is -0.454. The first-order valence-corrected chi connectivity index (χ1v) is 11.6. The normalized spacial score (nSPS) is 11.0. The lowest BCUT2D eigenvalue weighted by Gasteiger charge is -2.21. The molecule has 0 aliphatic rings. The van der Waals surface area contributed by atoms with Crippen LogP contribution in [0, 0.1) is 0 Å². The Bertz CT molecular complexity index is 1190. The van der Waals surface area contributed by atoms with E-state index in [1.165, 1.54) is 18.2 Å². The van der Waals surface area contributed by atoms with Crippen LogP contribution in [0.4, 0.5) is 0 Å². The summed E-state index contributed by atoms with van der Waals surface area (Å²) in [5.41, 5.74) is 3.51. The summed E-state index contributed by atoms with van der Waals surface area (Å²) in [4.78, 5) is 26.7. The number of carbonyl (C=O) groups excluding carboxylic acids is 2. The summed E-state index contributed by atoms with van der Waals surface area (Å²) >= 11 is 5.86. The van der Waals surface area contributed by atoms with E-state index >= 15 is 0 Å². The maximum absolute atomic E-state index is 12.6. The van der Waals surface area contributed by atoms with Crippen LogP contribution >= 0.6 is 11.6 Å². The topological polar surface area (TPSA) is 91.2 Å². The van der Waals surface area contributed by atoms with Gasteiger partial charge in [-0.15, -0.1) is 0 Å². The fraction of sp³-hybridized carbons (Fsp3) is 0.269. The molecule has 0 atom stereocenters. The Balaban J connectivity index is 1.73. The maximum atomic E-state index is 12.6. The van der Waals surface area contributed by atoms with Gasteiger partial charge in [-0.3, -0.25) is 9.59 Å². The van der Waals surface area contributed by atoms with Gasteiger partial charge in [0, 0.05) is 29.6 Å². The number of ether oxygens (including phenoxy) is 1. The molecule has 0 aliphatic carbocycles. The molecule has 0 unspecified atom stereocenters. The zero-order valence-corrected chi connectivity index (χ0v) is 20.0. The number of aromatic hydroxyl groups is 1. The summed E-state index contributed by atoms with van der Waals surface area (Å²) in [6.45, 7) is 5.50. The number of benzene rings is 3. The summed E-state index contributed by atoms with van der Waals surface area (Å²) in [6, 6.07) is 15.4. The second-order valence-electron chi connectivity index (χ2n) is 7.73. The number of carbonyl (C=O) groups is 2. The molecule has 0 saturated heterocycles. The molecule has 34 heavy (non-hydrogen) atoms. The molecule has 3 aromatic carbocycles. The highest BCUT2D eigenvalue weighted by Crippen LogP contribution is 2.28. The quantitative estimate of drug-likeness (QED) is 0.315. The molecule has 3 aromatic rings. The van der Waals surface area contributed by atoms with Crippen molar-refractivity contribution < 1.29 is 19.4 Å². The third-order valence-electron chi connectivity index (χ3n) is 5.19. The molecule has 178 valence electrons. The van der Waals surface area contributed by atoms with Gasteiger partial charge in [0.05, 0.1) is 11.2 Å². The molecule has 0 aliphatic heterocycles. The van der Waals surface area contributed by atoms with Gasteiger partial charge in [0.25, 0.3) is 11.8 Å². The lowest BCUT2D eigenvalue weighted by Crippen LogP contribution is -2.36. The molecule has 0 radical (unpaired) electrons. The van der Waals surface area contributed by atoms with Gasteiger partial charge in [-0.1, -0.05) is 49.7 Å². The van der Waals surface area contributed by atoms with Crippen molar-refractivity contribution in [1.29, 1.82) is 0 Å². The van der Waals surface area contributed by atoms with E-state index < -0.39 is 5.91 Å². The van der Waals surface area contributed by atoms with Gasteiger partial charge in [-0.05, 0) is 48.6 Å². The number of rotatable bonds is 10. The summed E-state index contributed by atoms with van der Waals surface area (Å²) in [7, 11) is 0. The Hall–Kier alpha value is -3.58. The smallest absolute Gasteiger partial charge is 0.271 e. The van der Waals surface area contributed by atoms with E-state index in [0.717, 1.165) is 29.2 Å². The molecule has 7 nitrogen and oxygen atoms in total. The molecule has 3 rings (SSSR count). The Morgan fingerprint density at radius 1 is 1.06 bits per heavy atom. The predicted octanol–water partition coefficient (Wildman–Crippen LogP) is 4.99. The van der Waals surface area contributed by atoms with Crippen LogP contribution in [0.5, 0.6) is 11.5 Å². The second kappa shape index (κ2) is 12.0. The number of phenols is 1. The number of hydrazone groups is 1. The van der Waals surface area contributed by atoms with Gasteiger partial charge in [-0.2, -0.15) is 5.10 Å². The number of hydrogen-bond acceptors (Lipinski definition) is 5. The molecule has 8 heteroatoms. The number of hydrogen-bond donors (Lipinski definition) is 2. The van der Waals surface area contributed by atoms with E-state index in [9.17, 15) is 14.7 Å². The number of phenolic OH excluding ortho intramolecular Hbond substituents is 1. The largest absolute Gasteiger partial charge is 0.506 e. The van der Waals surface area contributed by atoms with Gasteiger partial charge in [-0.25, -0.2) is 5.43 Å². The van der Waals surface area contributed by atoms with Gasteiger partial charge in [0.15, 0.2) is 6.61 Å². The predicted molar refractivity (Wildman–Crippen MR) is 135 cm³/mol. The first-order chi connectivity index (χ1) is 16.4. The lowest BCUT2D eigenvalue weighted by atomic mass is 10.0. The number of nitrogens with zero attached hydrogens (tertiary/aromatic N) is 2. The zero-order valence-electron chi connectivity index (χ0n) is 19.3. The molecule has 2 amide bonds. The van der Waals surface area contributed by atoms with Crippen molar-refractivity contribution in [1.82, 2.24) is 10.3 Å². The molecule has 0 heterocycles. The first-order valence-electron chi connectivity index (χ1n) is 11.2. The second-order valence-corrected chi connectivity index (χ2v) is 8.14. The monoisotopic (exact) mass is 481 g/mol. The SMILES string of the molecule is CCCN(CCC)C(=O)COc1ccc(C=NNC(=O)c2ccc(O)c(Cl)c2)c2ccccc12. The summed E-state index contributed by atoms with van der Waals surface area (Å²) in [5, 5.41) is 15.3. The van der Waals surface area contributed by atoms with Crippen molar-refractivity contribution in [3.63, 3.8) is 0 Å². The van der Waals surface area contributed by atoms with Crippen LogP contribution in [-0.2, 0) is 4.79 Å². The third-order valence-corrected chi connectivity index (χ3v) is 5.49. The average molecular weight is 482 g/mol. The van der Waals surface area contributed by atoms with E-state index in [1.54, 1.807) is 12.3 Å². The van der Waals surface area contributed by atoms with Gasteiger partial charge in [0.1, 0.15) is 11.5 Å². The fourth-order valence-electron chi connectivity index (χ4n) is 3.54. The Morgan fingerprint density at radius 2 is 1.76 bits per heavy atom. The van der Waals surface area contributed by atoms with Gasteiger partial charge in [0.2, 0.25) is 0 Å². The molecular weight excluding hydrogens is 454 g/mol. The van der Waals surface area contributed by atoms with Crippen LogP contribution in [0.3, 0.4) is 0 Å². The minimum Gasteiger partial charge on any atom is -0.506 e. The minimum absolute atomic E-state index is 0.0251. The van der Waals surface area contributed by atoms with Gasteiger partial charge < -0.3 is 14.7 Å². The van der Waals surface area contributed by atoms with Crippen LogP contribution < -0.4 is 10.2 Å². The highest BCUT2D eigenvalue weighted by Gasteiger charge is 2.14. The summed E-state index contributed by atoms with van der Waals surface area (Å²) < 4.78 is 5.89.